The van der Waals surface area contributed by atoms with Crippen LogP contribution in [0.4, 0.5) is 0 Å². The molecule has 6 heteroatoms. The van der Waals surface area contributed by atoms with Gasteiger partial charge in [0.1, 0.15) is 0 Å². The van der Waals surface area contributed by atoms with Crippen LogP contribution in [-0.2, 0) is 13.0 Å². The maximum absolute atomic E-state index is 5.30. The minimum atomic E-state index is 0.660. The summed E-state index contributed by atoms with van der Waals surface area (Å²) in [6.07, 6.45) is 6.64. The van der Waals surface area contributed by atoms with Crippen LogP contribution in [0.3, 0.4) is 0 Å². The predicted octanol–water partition coefficient (Wildman–Crippen LogP) is 2.55. The number of rotatable bonds is 9. The SMILES string of the molecule is c1ccc(-c2noc(CCCNCCCn3cccn3)n2)cc1. The lowest BCUT2D eigenvalue weighted by Crippen LogP contribution is -2.18. The summed E-state index contributed by atoms with van der Waals surface area (Å²) in [5, 5.41) is 11.6. The third kappa shape index (κ3) is 4.75. The molecule has 0 saturated carbocycles. The Labute approximate surface area is 135 Å². The molecular formula is C17H21N5O. The molecule has 0 radical (unpaired) electrons. The number of aromatic nitrogens is 4. The highest BCUT2D eigenvalue weighted by molar-refractivity contribution is 5.53. The third-order valence-corrected chi connectivity index (χ3v) is 3.54. The van der Waals surface area contributed by atoms with Crippen LogP contribution in [0.1, 0.15) is 18.7 Å². The second-order valence-corrected chi connectivity index (χ2v) is 5.35. The number of hydrogen-bond acceptors (Lipinski definition) is 5. The molecule has 0 aliphatic carbocycles. The molecule has 0 unspecified atom stereocenters. The average Bonchev–Trinajstić information content (AvgIpc) is 3.26. The maximum Gasteiger partial charge on any atom is 0.227 e. The summed E-state index contributed by atoms with van der Waals surface area (Å²) in [5.41, 5.74) is 0.985. The minimum Gasteiger partial charge on any atom is -0.339 e. The topological polar surface area (TPSA) is 68.8 Å². The average molecular weight is 311 g/mol. The quantitative estimate of drug-likeness (QED) is 0.615. The first-order valence-electron chi connectivity index (χ1n) is 7.98. The van der Waals surface area contributed by atoms with E-state index in [1.54, 1.807) is 0 Å². The van der Waals surface area contributed by atoms with Gasteiger partial charge < -0.3 is 9.84 Å². The zero-order valence-electron chi connectivity index (χ0n) is 13.1. The summed E-state index contributed by atoms with van der Waals surface area (Å²) in [4.78, 5) is 4.43. The third-order valence-electron chi connectivity index (χ3n) is 3.54. The van der Waals surface area contributed by atoms with Crippen LogP contribution in [0.15, 0.2) is 53.3 Å². The molecule has 0 aliphatic heterocycles. The Bertz CT molecular complexity index is 678. The van der Waals surface area contributed by atoms with Gasteiger partial charge in [0.15, 0.2) is 0 Å². The van der Waals surface area contributed by atoms with Crippen molar-refractivity contribution in [3.63, 3.8) is 0 Å². The van der Waals surface area contributed by atoms with Crippen molar-refractivity contribution in [3.8, 4) is 11.4 Å². The fraction of sp³-hybridized carbons (Fsp3) is 0.353. The van der Waals surface area contributed by atoms with E-state index < -0.39 is 0 Å². The van der Waals surface area contributed by atoms with Crippen molar-refractivity contribution in [2.75, 3.05) is 13.1 Å². The molecule has 0 spiro atoms. The molecule has 0 aliphatic rings. The van der Waals surface area contributed by atoms with Crippen molar-refractivity contribution in [1.29, 1.82) is 0 Å². The Kier molecular flexibility index (Phi) is 5.53. The fourth-order valence-electron chi connectivity index (χ4n) is 2.35. The van der Waals surface area contributed by atoms with Gasteiger partial charge in [0.2, 0.25) is 11.7 Å². The largest absolute Gasteiger partial charge is 0.339 e. The monoisotopic (exact) mass is 311 g/mol. The summed E-state index contributed by atoms with van der Waals surface area (Å²) in [6, 6.07) is 11.8. The van der Waals surface area contributed by atoms with Gasteiger partial charge in [-0.05, 0) is 32.0 Å². The van der Waals surface area contributed by atoms with Crippen LogP contribution in [0.5, 0.6) is 0 Å². The first-order valence-corrected chi connectivity index (χ1v) is 7.98. The van der Waals surface area contributed by atoms with E-state index in [2.05, 4.69) is 20.6 Å². The highest BCUT2D eigenvalue weighted by atomic mass is 16.5. The Morgan fingerprint density at radius 2 is 1.91 bits per heavy atom. The van der Waals surface area contributed by atoms with Crippen LogP contribution in [0.2, 0.25) is 0 Å². The van der Waals surface area contributed by atoms with Crippen molar-refractivity contribution in [2.45, 2.75) is 25.8 Å². The van der Waals surface area contributed by atoms with Crippen LogP contribution in [0, 0.1) is 0 Å². The normalized spacial score (nSPS) is 11.0. The van der Waals surface area contributed by atoms with Gasteiger partial charge in [-0.3, -0.25) is 4.68 Å². The maximum atomic E-state index is 5.30. The van der Waals surface area contributed by atoms with Gasteiger partial charge in [-0.2, -0.15) is 10.1 Å². The lowest BCUT2D eigenvalue weighted by Gasteiger charge is -2.03. The highest BCUT2D eigenvalue weighted by Crippen LogP contribution is 2.15. The van der Waals surface area contributed by atoms with Crippen molar-refractivity contribution in [2.24, 2.45) is 0 Å². The van der Waals surface area contributed by atoms with Crippen LogP contribution in [0.25, 0.3) is 11.4 Å². The predicted molar refractivity (Wildman–Crippen MR) is 87.8 cm³/mol. The number of nitrogens with one attached hydrogen (secondary N) is 1. The lowest BCUT2D eigenvalue weighted by molar-refractivity contribution is 0.374. The minimum absolute atomic E-state index is 0.660. The van der Waals surface area contributed by atoms with E-state index in [1.165, 1.54) is 0 Å². The number of hydrogen-bond donors (Lipinski definition) is 1. The number of nitrogens with zero attached hydrogens (tertiary/aromatic N) is 4. The molecule has 2 aromatic heterocycles. The molecular weight excluding hydrogens is 290 g/mol. The van der Waals surface area contributed by atoms with Crippen molar-refractivity contribution in [1.82, 2.24) is 25.2 Å². The second kappa shape index (κ2) is 8.24. The first-order chi connectivity index (χ1) is 11.4. The van der Waals surface area contributed by atoms with Gasteiger partial charge in [-0.25, -0.2) is 0 Å². The van der Waals surface area contributed by atoms with Crippen LogP contribution in [-0.4, -0.2) is 33.0 Å². The molecule has 2 heterocycles. The van der Waals surface area contributed by atoms with Gasteiger partial charge in [-0.1, -0.05) is 35.5 Å². The molecule has 23 heavy (non-hydrogen) atoms. The molecule has 120 valence electrons. The second-order valence-electron chi connectivity index (χ2n) is 5.35. The lowest BCUT2D eigenvalue weighted by atomic mass is 10.2. The molecule has 0 atom stereocenters. The Balaban J connectivity index is 1.31. The highest BCUT2D eigenvalue weighted by Gasteiger charge is 2.07. The summed E-state index contributed by atoms with van der Waals surface area (Å²) in [7, 11) is 0. The van der Waals surface area contributed by atoms with Crippen molar-refractivity contribution < 1.29 is 4.52 Å². The number of benzene rings is 1. The van der Waals surface area contributed by atoms with E-state index in [0.717, 1.165) is 44.5 Å². The molecule has 1 N–H and O–H groups in total. The molecule has 1 aromatic carbocycles. The van der Waals surface area contributed by atoms with Gasteiger partial charge in [-0.15, -0.1) is 0 Å². The van der Waals surface area contributed by atoms with Gasteiger partial charge in [0, 0.05) is 30.9 Å². The van der Waals surface area contributed by atoms with Gasteiger partial charge in [0.05, 0.1) is 0 Å². The summed E-state index contributed by atoms with van der Waals surface area (Å²) in [5.74, 6) is 1.36. The van der Waals surface area contributed by atoms with E-state index in [4.69, 9.17) is 4.52 Å². The molecule has 3 rings (SSSR count). The first kappa shape index (κ1) is 15.4. The van der Waals surface area contributed by atoms with Crippen molar-refractivity contribution in [3.05, 3.63) is 54.7 Å². The van der Waals surface area contributed by atoms with E-state index in [0.29, 0.717) is 11.7 Å². The molecule has 0 fully saturated rings. The Hall–Kier alpha value is -2.47. The Morgan fingerprint density at radius 3 is 2.74 bits per heavy atom. The summed E-state index contributed by atoms with van der Waals surface area (Å²) < 4.78 is 7.24. The summed E-state index contributed by atoms with van der Waals surface area (Å²) >= 11 is 0. The Morgan fingerprint density at radius 1 is 1.04 bits per heavy atom. The van der Waals surface area contributed by atoms with E-state index >= 15 is 0 Å². The van der Waals surface area contributed by atoms with E-state index in [1.807, 2.05) is 53.5 Å². The molecule has 0 bridgehead atoms. The van der Waals surface area contributed by atoms with E-state index in [9.17, 15) is 0 Å². The fourth-order valence-corrected chi connectivity index (χ4v) is 2.35. The summed E-state index contributed by atoms with van der Waals surface area (Å²) in [6.45, 7) is 2.88. The van der Waals surface area contributed by atoms with Crippen molar-refractivity contribution >= 4 is 0 Å². The zero-order chi connectivity index (χ0) is 15.7. The molecule has 0 amide bonds. The molecule has 3 aromatic rings. The number of aryl methyl sites for hydroxylation is 2. The van der Waals surface area contributed by atoms with Crippen LogP contribution >= 0.6 is 0 Å². The smallest absolute Gasteiger partial charge is 0.227 e. The van der Waals surface area contributed by atoms with E-state index in [-0.39, 0.29) is 0 Å². The molecule has 6 nitrogen and oxygen atoms in total. The standard InChI is InChI=1S/C17H21N5O/c1-2-7-15(8-3-1)17-20-16(23-21-17)9-4-10-18-11-5-13-22-14-6-12-19-22/h1-3,6-8,12,14,18H,4-5,9-11,13H2. The molecule has 0 saturated heterocycles. The van der Waals surface area contributed by atoms with Crippen LogP contribution < -0.4 is 5.32 Å². The van der Waals surface area contributed by atoms with Gasteiger partial charge in [0.25, 0.3) is 0 Å². The zero-order valence-corrected chi connectivity index (χ0v) is 13.1. The van der Waals surface area contributed by atoms with Gasteiger partial charge >= 0.3 is 0 Å².